The molecule has 3 rings (SSSR count). The summed E-state index contributed by atoms with van der Waals surface area (Å²) in [5, 5.41) is 0. The van der Waals surface area contributed by atoms with Crippen LogP contribution in [0.4, 0.5) is 5.69 Å². The molecule has 2 aliphatic heterocycles. The maximum Gasteiger partial charge on any atom is 0.196 e. The highest BCUT2D eigenvalue weighted by Crippen LogP contribution is 2.36. The van der Waals surface area contributed by atoms with Crippen LogP contribution >= 0.6 is 0 Å². The van der Waals surface area contributed by atoms with Gasteiger partial charge in [0.2, 0.25) is 0 Å². The summed E-state index contributed by atoms with van der Waals surface area (Å²) in [5.41, 5.74) is 6.99. The highest BCUT2D eigenvalue weighted by atomic mass is 16.5. The van der Waals surface area contributed by atoms with E-state index in [4.69, 9.17) is 15.2 Å². The first-order chi connectivity index (χ1) is 9.25. The van der Waals surface area contributed by atoms with Gasteiger partial charge in [-0.3, -0.25) is 4.99 Å². The lowest BCUT2D eigenvalue weighted by atomic mass is 9.91. The fourth-order valence-electron chi connectivity index (χ4n) is 2.91. The molecule has 1 atom stereocenters. The highest BCUT2D eigenvalue weighted by Gasteiger charge is 2.44. The van der Waals surface area contributed by atoms with Crippen molar-refractivity contribution in [2.45, 2.75) is 18.4 Å². The van der Waals surface area contributed by atoms with Crippen molar-refractivity contribution in [3.63, 3.8) is 0 Å². The Balaban J connectivity index is 1.97. The van der Waals surface area contributed by atoms with E-state index in [9.17, 15) is 0 Å². The first-order valence-corrected chi connectivity index (χ1v) is 6.57. The molecule has 5 heteroatoms. The molecular formula is C14H19N3O2. The van der Waals surface area contributed by atoms with Crippen molar-refractivity contribution in [2.24, 2.45) is 10.7 Å². The third kappa shape index (κ3) is 2.04. The summed E-state index contributed by atoms with van der Waals surface area (Å²) in [4.78, 5) is 6.53. The number of nitrogens with zero attached hydrogens (tertiary/aromatic N) is 2. The summed E-state index contributed by atoms with van der Waals surface area (Å²) in [7, 11) is 1.67. The SMILES string of the molecule is COc1cccc(N2C(N)=NCC23CCCOC3)c1. The second-order valence-electron chi connectivity index (χ2n) is 5.09. The molecule has 102 valence electrons. The summed E-state index contributed by atoms with van der Waals surface area (Å²) in [6.07, 6.45) is 2.09. The second-order valence-corrected chi connectivity index (χ2v) is 5.09. The number of ether oxygens (including phenoxy) is 2. The molecule has 1 aromatic rings. The zero-order valence-electron chi connectivity index (χ0n) is 11.1. The first kappa shape index (κ1) is 12.3. The van der Waals surface area contributed by atoms with E-state index in [-0.39, 0.29) is 5.54 Å². The van der Waals surface area contributed by atoms with Gasteiger partial charge in [0.1, 0.15) is 5.75 Å². The summed E-state index contributed by atoms with van der Waals surface area (Å²) in [6, 6.07) is 7.92. The van der Waals surface area contributed by atoms with E-state index in [1.165, 1.54) is 0 Å². The van der Waals surface area contributed by atoms with Crippen LogP contribution in [0.2, 0.25) is 0 Å². The Bertz CT molecular complexity index is 495. The largest absolute Gasteiger partial charge is 0.497 e. The number of hydrogen-bond acceptors (Lipinski definition) is 5. The lowest BCUT2D eigenvalue weighted by molar-refractivity contribution is 0.0459. The summed E-state index contributed by atoms with van der Waals surface area (Å²) >= 11 is 0. The van der Waals surface area contributed by atoms with Crippen LogP contribution in [0.25, 0.3) is 0 Å². The van der Waals surface area contributed by atoms with E-state index < -0.39 is 0 Å². The molecular weight excluding hydrogens is 242 g/mol. The minimum atomic E-state index is -0.116. The Morgan fingerprint density at radius 1 is 1.47 bits per heavy atom. The number of hydrogen-bond donors (Lipinski definition) is 1. The lowest BCUT2D eigenvalue weighted by Gasteiger charge is -2.41. The van der Waals surface area contributed by atoms with Gasteiger partial charge in [-0.25, -0.2) is 0 Å². The van der Waals surface area contributed by atoms with Gasteiger partial charge in [-0.1, -0.05) is 6.07 Å². The summed E-state index contributed by atoms with van der Waals surface area (Å²) < 4.78 is 10.9. The molecule has 1 fully saturated rings. The second kappa shape index (κ2) is 4.74. The van der Waals surface area contributed by atoms with Gasteiger partial charge in [-0.05, 0) is 25.0 Å². The fourth-order valence-corrected chi connectivity index (χ4v) is 2.91. The number of anilines is 1. The van der Waals surface area contributed by atoms with Crippen molar-refractivity contribution in [3.05, 3.63) is 24.3 Å². The van der Waals surface area contributed by atoms with Crippen LogP contribution in [0.5, 0.6) is 5.75 Å². The van der Waals surface area contributed by atoms with Crippen LogP contribution in [0.1, 0.15) is 12.8 Å². The van der Waals surface area contributed by atoms with Gasteiger partial charge in [0.25, 0.3) is 0 Å². The van der Waals surface area contributed by atoms with Gasteiger partial charge in [0.15, 0.2) is 5.96 Å². The molecule has 2 aliphatic rings. The Kier molecular flexibility index (Phi) is 3.06. The van der Waals surface area contributed by atoms with Crippen molar-refractivity contribution in [1.82, 2.24) is 0 Å². The van der Waals surface area contributed by atoms with E-state index >= 15 is 0 Å². The maximum atomic E-state index is 6.09. The van der Waals surface area contributed by atoms with Crippen molar-refractivity contribution in [1.29, 1.82) is 0 Å². The molecule has 0 saturated carbocycles. The molecule has 1 saturated heterocycles. The van der Waals surface area contributed by atoms with Gasteiger partial charge in [0, 0.05) is 18.4 Å². The Morgan fingerprint density at radius 3 is 3.11 bits per heavy atom. The summed E-state index contributed by atoms with van der Waals surface area (Å²) in [6.45, 7) is 2.21. The Labute approximate surface area is 113 Å². The maximum absolute atomic E-state index is 6.09. The molecule has 1 aromatic carbocycles. The number of methoxy groups -OCH3 is 1. The van der Waals surface area contributed by atoms with Crippen LogP contribution in [0.3, 0.4) is 0 Å². The van der Waals surface area contributed by atoms with E-state index in [1.54, 1.807) is 7.11 Å². The third-order valence-corrected chi connectivity index (χ3v) is 3.85. The van der Waals surface area contributed by atoms with Crippen molar-refractivity contribution >= 4 is 11.6 Å². The number of guanidine groups is 1. The van der Waals surface area contributed by atoms with E-state index in [0.717, 1.165) is 30.9 Å². The van der Waals surface area contributed by atoms with Crippen LogP contribution < -0.4 is 15.4 Å². The molecule has 1 spiro atoms. The van der Waals surface area contributed by atoms with Crippen LogP contribution in [-0.2, 0) is 4.74 Å². The third-order valence-electron chi connectivity index (χ3n) is 3.85. The Hall–Kier alpha value is -1.75. The van der Waals surface area contributed by atoms with Crippen LogP contribution in [0.15, 0.2) is 29.3 Å². The first-order valence-electron chi connectivity index (χ1n) is 6.57. The van der Waals surface area contributed by atoms with Crippen molar-refractivity contribution in [3.8, 4) is 5.75 Å². The minimum Gasteiger partial charge on any atom is -0.497 e. The molecule has 2 N–H and O–H groups in total. The van der Waals surface area contributed by atoms with Crippen LogP contribution in [0, 0.1) is 0 Å². The van der Waals surface area contributed by atoms with Crippen molar-refractivity contribution < 1.29 is 9.47 Å². The highest BCUT2D eigenvalue weighted by molar-refractivity contribution is 5.98. The number of rotatable bonds is 2. The van der Waals surface area contributed by atoms with Crippen LogP contribution in [-0.4, -0.2) is 38.4 Å². The molecule has 2 heterocycles. The normalized spacial score (nSPS) is 26.6. The average Bonchev–Trinajstić information content (AvgIpc) is 2.76. The van der Waals surface area contributed by atoms with Gasteiger partial charge < -0.3 is 20.1 Å². The van der Waals surface area contributed by atoms with Gasteiger partial charge in [0.05, 0.1) is 25.8 Å². The summed E-state index contributed by atoms with van der Waals surface area (Å²) in [5.74, 6) is 1.39. The van der Waals surface area contributed by atoms with Gasteiger partial charge in [-0.15, -0.1) is 0 Å². The molecule has 0 amide bonds. The molecule has 0 aromatic heterocycles. The molecule has 0 bridgehead atoms. The van der Waals surface area contributed by atoms with E-state index in [0.29, 0.717) is 19.1 Å². The predicted molar refractivity (Wildman–Crippen MR) is 74.7 cm³/mol. The van der Waals surface area contributed by atoms with Gasteiger partial charge >= 0.3 is 0 Å². The zero-order chi connectivity index (χ0) is 13.3. The quantitative estimate of drug-likeness (QED) is 0.873. The number of nitrogens with two attached hydrogens (primary N) is 1. The molecule has 0 aliphatic carbocycles. The fraction of sp³-hybridized carbons (Fsp3) is 0.500. The molecule has 0 radical (unpaired) electrons. The molecule has 19 heavy (non-hydrogen) atoms. The zero-order valence-corrected chi connectivity index (χ0v) is 11.1. The number of aliphatic imine (C=N–C) groups is 1. The van der Waals surface area contributed by atoms with Crippen molar-refractivity contribution in [2.75, 3.05) is 31.8 Å². The molecule has 1 unspecified atom stereocenters. The van der Waals surface area contributed by atoms with Gasteiger partial charge in [-0.2, -0.15) is 0 Å². The number of benzene rings is 1. The predicted octanol–water partition coefficient (Wildman–Crippen LogP) is 1.38. The Morgan fingerprint density at radius 2 is 2.37 bits per heavy atom. The minimum absolute atomic E-state index is 0.116. The monoisotopic (exact) mass is 261 g/mol. The molecule has 5 nitrogen and oxygen atoms in total. The van der Waals surface area contributed by atoms with E-state index in [2.05, 4.69) is 9.89 Å². The average molecular weight is 261 g/mol. The topological polar surface area (TPSA) is 60.1 Å². The van der Waals surface area contributed by atoms with E-state index in [1.807, 2.05) is 24.3 Å². The lowest BCUT2D eigenvalue weighted by Crippen LogP contribution is -2.56. The standard InChI is InChI=1S/C14H19N3O2/c1-18-12-5-2-4-11(8-12)17-13(15)16-9-14(17)6-3-7-19-10-14/h2,4-5,8H,3,6-7,9-10H2,1H3,(H2,15,16). The smallest absolute Gasteiger partial charge is 0.196 e.